The topological polar surface area (TPSA) is 77.2 Å². The summed E-state index contributed by atoms with van der Waals surface area (Å²) >= 11 is 0. The normalized spacial score (nSPS) is 19.9. The Labute approximate surface area is 93.4 Å². The molecule has 1 aromatic heterocycles. The van der Waals surface area contributed by atoms with E-state index in [4.69, 9.17) is 9.15 Å². The smallest absolute Gasteiger partial charge is 0.249 e. The molecule has 0 saturated carbocycles. The number of carbonyl (C=O) groups excluding carboxylic acids is 1. The van der Waals surface area contributed by atoms with Crippen molar-refractivity contribution in [3.05, 3.63) is 11.8 Å². The maximum atomic E-state index is 11.5. The molecule has 1 fully saturated rings. The zero-order valence-corrected chi connectivity index (χ0v) is 9.23. The molecule has 1 unspecified atom stereocenters. The van der Waals surface area contributed by atoms with Gasteiger partial charge in [-0.25, -0.2) is 0 Å². The van der Waals surface area contributed by atoms with Crippen molar-refractivity contribution in [2.24, 2.45) is 0 Å². The average Bonchev–Trinajstić information content (AvgIpc) is 2.89. The van der Waals surface area contributed by atoms with Gasteiger partial charge in [-0.1, -0.05) is 0 Å². The van der Waals surface area contributed by atoms with E-state index in [-0.39, 0.29) is 12.0 Å². The number of rotatable bonds is 4. The number of nitrogens with zero attached hydrogens (tertiary/aromatic N) is 2. The van der Waals surface area contributed by atoms with Gasteiger partial charge in [-0.2, -0.15) is 0 Å². The van der Waals surface area contributed by atoms with E-state index in [1.807, 2.05) is 0 Å². The molecule has 0 aromatic carbocycles. The predicted molar refractivity (Wildman–Crippen MR) is 54.7 cm³/mol. The van der Waals surface area contributed by atoms with Crippen LogP contribution in [-0.4, -0.2) is 35.4 Å². The first-order valence-corrected chi connectivity index (χ1v) is 5.44. The highest BCUT2D eigenvalue weighted by Crippen LogP contribution is 2.11. The van der Waals surface area contributed by atoms with Crippen LogP contribution in [0.2, 0.25) is 0 Å². The van der Waals surface area contributed by atoms with Gasteiger partial charge in [-0.05, 0) is 12.8 Å². The lowest BCUT2D eigenvalue weighted by Crippen LogP contribution is -2.35. The van der Waals surface area contributed by atoms with Crippen LogP contribution in [-0.2, 0) is 16.0 Å². The summed E-state index contributed by atoms with van der Waals surface area (Å²) in [4.78, 5) is 11.5. The largest absolute Gasteiger partial charge is 0.426 e. The summed E-state index contributed by atoms with van der Waals surface area (Å²) < 4.78 is 10.4. The molecule has 1 saturated heterocycles. The van der Waals surface area contributed by atoms with Gasteiger partial charge >= 0.3 is 0 Å². The minimum Gasteiger partial charge on any atom is -0.426 e. The molecule has 1 atom stereocenters. The number of carbonyl (C=O) groups is 1. The zero-order chi connectivity index (χ0) is 11.4. The van der Waals surface area contributed by atoms with Crippen molar-refractivity contribution in [2.45, 2.75) is 32.3 Å². The first kappa shape index (κ1) is 11.1. The summed E-state index contributed by atoms with van der Waals surface area (Å²) in [5.41, 5.74) is 0. The second-order valence-corrected chi connectivity index (χ2v) is 3.76. The van der Waals surface area contributed by atoms with Crippen LogP contribution in [0.15, 0.2) is 4.42 Å². The lowest BCUT2D eigenvalue weighted by atomic mass is 10.2. The molecule has 16 heavy (non-hydrogen) atoms. The number of aromatic nitrogens is 2. The highest BCUT2D eigenvalue weighted by Gasteiger charge is 2.22. The van der Waals surface area contributed by atoms with Crippen LogP contribution in [0.4, 0.5) is 0 Å². The van der Waals surface area contributed by atoms with E-state index < -0.39 is 0 Å². The lowest BCUT2D eigenvalue weighted by molar-refractivity contribution is -0.130. The highest BCUT2D eigenvalue weighted by molar-refractivity contribution is 5.80. The minimum absolute atomic E-state index is 0.0475. The van der Waals surface area contributed by atoms with E-state index in [9.17, 15) is 4.79 Å². The molecule has 1 aliphatic rings. The Morgan fingerprint density at radius 2 is 2.44 bits per heavy atom. The van der Waals surface area contributed by atoms with Gasteiger partial charge in [0.1, 0.15) is 6.10 Å². The van der Waals surface area contributed by atoms with E-state index in [2.05, 4.69) is 15.5 Å². The first-order chi connectivity index (χ1) is 7.75. The van der Waals surface area contributed by atoms with Gasteiger partial charge in [0.05, 0.1) is 0 Å². The van der Waals surface area contributed by atoms with Crippen molar-refractivity contribution in [3.63, 3.8) is 0 Å². The van der Waals surface area contributed by atoms with Crippen LogP contribution in [0.25, 0.3) is 0 Å². The molecule has 0 spiro atoms. The van der Waals surface area contributed by atoms with Crippen molar-refractivity contribution >= 4 is 5.91 Å². The van der Waals surface area contributed by atoms with Crippen LogP contribution in [0.1, 0.15) is 24.6 Å². The van der Waals surface area contributed by atoms with Gasteiger partial charge in [0.25, 0.3) is 0 Å². The summed E-state index contributed by atoms with van der Waals surface area (Å²) in [5.74, 6) is 1.04. The third kappa shape index (κ3) is 2.79. The second-order valence-electron chi connectivity index (χ2n) is 3.76. The Hall–Kier alpha value is -1.43. The molecule has 2 heterocycles. The van der Waals surface area contributed by atoms with Crippen LogP contribution in [0.5, 0.6) is 0 Å². The third-order valence-electron chi connectivity index (χ3n) is 2.43. The zero-order valence-electron chi connectivity index (χ0n) is 9.23. The Morgan fingerprint density at radius 1 is 1.56 bits per heavy atom. The maximum Gasteiger partial charge on any atom is 0.249 e. The van der Waals surface area contributed by atoms with E-state index in [1.54, 1.807) is 6.92 Å². The van der Waals surface area contributed by atoms with Crippen molar-refractivity contribution in [1.82, 2.24) is 15.5 Å². The van der Waals surface area contributed by atoms with Crippen LogP contribution >= 0.6 is 0 Å². The van der Waals surface area contributed by atoms with Crippen molar-refractivity contribution < 1.29 is 13.9 Å². The third-order valence-corrected chi connectivity index (χ3v) is 2.43. The molecule has 1 aromatic rings. The highest BCUT2D eigenvalue weighted by atomic mass is 16.5. The molecule has 0 bridgehead atoms. The number of nitrogens with one attached hydrogen (secondary N) is 1. The standard InChI is InChI=1S/C10H15N3O3/c1-7-12-13-9(16-7)4-5-11-10(14)8-3-2-6-15-8/h8H,2-6H2,1H3,(H,11,14). The average molecular weight is 225 g/mol. The van der Waals surface area contributed by atoms with Gasteiger partial charge in [-0.3, -0.25) is 4.79 Å². The van der Waals surface area contributed by atoms with E-state index in [0.717, 1.165) is 12.8 Å². The molecule has 88 valence electrons. The van der Waals surface area contributed by atoms with Gasteiger partial charge in [0.15, 0.2) is 0 Å². The van der Waals surface area contributed by atoms with Gasteiger partial charge in [-0.15, -0.1) is 10.2 Å². The molecule has 1 N–H and O–H groups in total. The Balaban J connectivity index is 1.69. The van der Waals surface area contributed by atoms with E-state index in [1.165, 1.54) is 0 Å². The predicted octanol–water partition coefficient (Wildman–Crippen LogP) is 0.216. The molecule has 1 amide bonds. The summed E-state index contributed by atoms with van der Waals surface area (Å²) in [7, 11) is 0. The summed E-state index contributed by atoms with van der Waals surface area (Å²) in [6.07, 6.45) is 2.05. The van der Waals surface area contributed by atoms with Crippen LogP contribution in [0.3, 0.4) is 0 Å². The monoisotopic (exact) mass is 225 g/mol. The number of ether oxygens (including phenoxy) is 1. The molecule has 6 nitrogen and oxygen atoms in total. The maximum absolute atomic E-state index is 11.5. The van der Waals surface area contributed by atoms with Crippen molar-refractivity contribution in [3.8, 4) is 0 Å². The summed E-state index contributed by atoms with van der Waals surface area (Å²) in [6, 6.07) is 0. The fourth-order valence-electron chi connectivity index (χ4n) is 1.63. The van der Waals surface area contributed by atoms with E-state index in [0.29, 0.717) is 31.4 Å². The molecule has 1 aliphatic heterocycles. The Kier molecular flexibility index (Phi) is 3.51. The van der Waals surface area contributed by atoms with E-state index >= 15 is 0 Å². The molecule has 0 radical (unpaired) electrons. The number of aryl methyl sites for hydroxylation is 1. The fourth-order valence-corrected chi connectivity index (χ4v) is 1.63. The fraction of sp³-hybridized carbons (Fsp3) is 0.700. The molecular formula is C10H15N3O3. The number of hydrogen-bond donors (Lipinski definition) is 1. The quantitative estimate of drug-likeness (QED) is 0.793. The minimum atomic E-state index is -0.274. The second kappa shape index (κ2) is 5.07. The Morgan fingerprint density at radius 3 is 3.06 bits per heavy atom. The van der Waals surface area contributed by atoms with Crippen molar-refractivity contribution in [2.75, 3.05) is 13.2 Å². The van der Waals surface area contributed by atoms with Gasteiger partial charge in [0.2, 0.25) is 17.7 Å². The van der Waals surface area contributed by atoms with Gasteiger partial charge in [0, 0.05) is 26.5 Å². The number of amides is 1. The first-order valence-electron chi connectivity index (χ1n) is 5.44. The molecule has 2 rings (SSSR count). The summed E-state index contributed by atoms with van der Waals surface area (Å²) in [5, 5.41) is 10.3. The summed E-state index contributed by atoms with van der Waals surface area (Å²) in [6.45, 7) is 2.92. The molecule has 6 heteroatoms. The Bertz CT molecular complexity index is 358. The van der Waals surface area contributed by atoms with Crippen LogP contribution < -0.4 is 5.32 Å². The lowest BCUT2D eigenvalue weighted by Gasteiger charge is -2.08. The molecular weight excluding hydrogens is 210 g/mol. The molecule has 0 aliphatic carbocycles. The van der Waals surface area contributed by atoms with Crippen LogP contribution in [0, 0.1) is 6.92 Å². The SMILES string of the molecule is Cc1nnc(CCNC(=O)C2CCCO2)o1. The van der Waals surface area contributed by atoms with Crippen molar-refractivity contribution in [1.29, 1.82) is 0 Å². The van der Waals surface area contributed by atoms with Gasteiger partial charge < -0.3 is 14.5 Å². The number of hydrogen-bond acceptors (Lipinski definition) is 5.